The number of benzene rings is 1. The molecule has 0 unspecified atom stereocenters. The van der Waals surface area contributed by atoms with Crippen LogP contribution in [-0.2, 0) is 0 Å². The minimum absolute atomic E-state index is 0.0309. The molecule has 162 valence electrons. The van der Waals surface area contributed by atoms with Gasteiger partial charge in [0.2, 0.25) is 0 Å². The zero-order chi connectivity index (χ0) is 21.7. The Morgan fingerprint density at radius 2 is 1.75 bits per heavy atom. The molecule has 1 atom stereocenters. The van der Waals surface area contributed by atoms with E-state index in [9.17, 15) is 4.79 Å². The largest absolute Gasteiger partial charge is 0.493 e. The first-order valence-electron chi connectivity index (χ1n) is 10.7. The van der Waals surface area contributed by atoms with Gasteiger partial charge in [0, 0.05) is 23.7 Å². The highest BCUT2D eigenvalue weighted by molar-refractivity contribution is 5.95. The third-order valence-electron chi connectivity index (χ3n) is 4.40. The molecule has 0 aliphatic rings. The van der Waals surface area contributed by atoms with Crippen molar-refractivity contribution in [3.8, 4) is 11.5 Å². The monoisotopic (exact) mass is 394 g/mol. The van der Waals surface area contributed by atoms with Crippen LogP contribution in [0.25, 0.3) is 0 Å². The van der Waals surface area contributed by atoms with E-state index in [2.05, 4.69) is 33.0 Å². The highest BCUT2D eigenvalue weighted by atomic mass is 16.5. The Morgan fingerprint density at radius 1 is 1.11 bits per heavy atom. The molecule has 0 aliphatic heterocycles. The second kappa shape index (κ2) is 14.3. The number of amides is 1. The van der Waals surface area contributed by atoms with Crippen molar-refractivity contribution in [2.45, 2.75) is 86.4 Å². The van der Waals surface area contributed by atoms with Crippen molar-refractivity contribution in [1.29, 1.82) is 0 Å². The Labute approximate surface area is 172 Å². The predicted molar refractivity (Wildman–Crippen MR) is 119 cm³/mol. The molecule has 0 heterocycles. The lowest BCUT2D eigenvalue weighted by molar-refractivity contribution is 0.0621. The lowest BCUT2D eigenvalue weighted by atomic mass is 10.1. The van der Waals surface area contributed by atoms with Crippen LogP contribution in [0.5, 0.6) is 11.5 Å². The summed E-state index contributed by atoms with van der Waals surface area (Å²) in [6.45, 7) is 18.0. The average Bonchev–Trinajstić information content (AvgIpc) is 2.68. The van der Waals surface area contributed by atoms with Gasteiger partial charge >= 0.3 is 0 Å². The summed E-state index contributed by atoms with van der Waals surface area (Å²) < 4.78 is 11.3. The van der Waals surface area contributed by atoms with Crippen molar-refractivity contribution in [3.05, 3.63) is 23.8 Å². The van der Waals surface area contributed by atoms with Gasteiger partial charge in [-0.1, -0.05) is 34.6 Å². The molecular weight excluding hydrogens is 352 g/mol. The summed E-state index contributed by atoms with van der Waals surface area (Å²) in [6.07, 6.45) is 1.82. The molecule has 1 rings (SSSR count). The van der Waals surface area contributed by atoms with Gasteiger partial charge in [-0.05, 0) is 58.4 Å². The third-order valence-corrected chi connectivity index (χ3v) is 4.40. The summed E-state index contributed by atoms with van der Waals surface area (Å²) >= 11 is 0. The number of ether oxygens (including phenoxy) is 2. The van der Waals surface area contributed by atoms with E-state index >= 15 is 0 Å². The molecule has 0 spiro atoms. The van der Waals surface area contributed by atoms with E-state index in [4.69, 9.17) is 9.47 Å². The zero-order valence-electron chi connectivity index (χ0n) is 19.5. The van der Waals surface area contributed by atoms with Crippen LogP contribution in [0.15, 0.2) is 18.2 Å². The third kappa shape index (κ3) is 8.51. The van der Waals surface area contributed by atoms with E-state index < -0.39 is 0 Å². The first-order valence-corrected chi connectivity index (χ1v) is 10.7. The predicted octanol–water partition coefficient (Wildman–Crippen LogP) is 5.14. The van der Waals surface area contributed by atoms with Gasteiger partial charge in [-0.3, -0.25) is 4.79 Å². The number of hydrogen-bond acceptors (Lipinski definition) is 4. The summed E-state index contributed by atoms with van der Waals surface area (Å²) in [5.74, 6) is 1.30. The highest BCUT2D eigenvalue weighted by Crippen LogP contribution is 2.29. The van der Waals surface area contributed by atoms with Gasteiger partial charge in [-0.15, -0.1) is 0 Å². The van der Waals surface area contributed by atoms with Crippen molar-refractivity contribution in [2.75, 3.05) is 20.3 Å². The van der Waals surface area contributed by atoms with E-state index in [1.165, 1.54) is 0 Å². The molecular formula is C23H42N2O3. The Bertz CT molecular complexity index is 559. The summed E-state index contributed by atoms with van der Waals surface area (Å²) in [4.78, 5) is 14.9. The molecule has 5 heteroatoms. The van der Waals surface area contributed by atoms with E-state index in [1.54, 1.807) is 13.2 Å². The van der Waals surface area contributed by atoms with Gasteiger partial charge in [0.25, 0.3) is 5.91 Å². The number of rotatable bonds is 11. The van der Waals surface area contributed by atoms with Crippen molar-refractivity contribution >= 4 is 5.91 Å². The molecule has 1 amide bonds. The minimum atomic E-state index is 0.0309. The van der Waals surface area contributed by atoms with Crippen molar-refractivity contribution in [3.63, 3.8) is 0 Å². The molecule has 1 N–H and O–H groups in total. The summed E-state index contributed by atoms with van der Waals surface area (Å²) in [7, 11) is 1.61. The maximum atomic E-state index is 13.0. The van der Waals surface area contributed by atoms with Crippen LogP contribution in [0.4, 0.5) is 0 Å². The second-order valence-electron chi connectivity index (χ2n) is 7.24. The molecule has 28 heavy (non-hydrogen) atoms. The molecule has 1 aromatic carbocycles. The molecule has 0 aromatic heterocycles. The highest BCUT2D eigenvalue weighted by Gasteiger charge is 2.24. The van der Waals surface area contributed by atoms with Crippen molar-refractivity contribution in [2.24, 2.45) is 0 Å². The number of carbonyl (C=O) groups is 1. The molecule has 0 radical (unpaired) electrons. The van der Waals surface area contributed by atoms with E-state index in [0.29, 0.717) is 29.7 Å². The normalized spacial score (nSPS) is 11.7. The van der Waals surface area contributed by atoms with Crippen LogP contribution < -0.4 is 14.8 Å². The maximum absolute atomic E-state index is 13.0. The average molecular weight is 395 g/mol. The van der Waals surface area contributed by atoms with Crippen molar-refractivity contribution in [1.82, 2.24) is 10.2 Å². The van der Waals surface area contributed by atoms with Gasteiger partial charge in [0.15, 0.2) is 11.5 Å². The Kier molecular flexibility index (Phi) is 13.4. The summed E-state index contributed by atoms with van der Waals surface area (Å²) in [5.41, 5.74) is 0.634. The molecule has 0 aliphatic carbocycles. The Balaban J connectivity index is 0.00000352. The van der Waals surface area contributed by atoms with Crippen LogP contribution in [0, 0.1) is 0 Å². The van der Waals surface area contributed by atoms with Gasteiger partial charge in [0.1, 0.15) is 0 Å². The zero-order valence-corrected chi connectivity index (χ0v) is 19.5. The van der Waals surface area contributed by atoms with Gasteiger partial charge < -0.3 is 19.7 Å². The molecule has 1 aromatic rings. The topological polar surface area (TPSA) is 50.8 Å². The van der Waals surface area contributed by atoms with Crippen LogP contribution in [0.2, 0.25) is 0 Å². The van der Waals surface area contributed by atoms with Crippen LogP contribution in [0.1, 0.15) is 78.6 Å². The van der Waals surface area contributed by atoms with Gasteiger partial charge in [0.05, 0.1) is 13.7 Å². The number of hydrogen-bond donors (Lipinski definition) is 1. The fraction of sp³-hybridized carbons (Fsp3) is 0.696. The fourth-order valence-electron chi connectivity index (χ4n) is 2.86. The first-order chi connectivity index (χ1) is 13.3. The van der Waals surface area contributed by atoms with Gasteiger partial charge in [-0.2, -0.15) is 0 Å². The van der Waals surface area contributed by atoms with Crippen LogP contribution >= 0.6 is 0 Å². The van der Waals surface area contributed by atoms with Crippen LogP contribution in [-0.4, -0.2) is 49.2 Å². The fourth-order valence-corrected chi connectivity index (χ4v) is 2.86. The number of carbonyl (C=O) groups excluding carboxylic acids is 1. The smallest absolute Gasteiger partial charge is 0.254 e. The lowest BCUT2D eigenvalue weighted by Gasteiger charge is -2.32. The number of nitrogens with zero attached hydrogens (tertiary/aromatic N) is 1. The van der Waals surface area contributed by atoms with E-state index in [1.807, 2.05) is 44.7 Å². The second-order valence-corrected chi connectivity index (χ2v) is 7.24. The Morgan fingerprint density at radius 3 is 2.25 bits per heavy atom. The Hall–Kier alpha value is -1.75. The minimum Gasteiger partial charge on any atom is -0.493 e. The van der Waals surface area contributed by atoms with Gasteiger partial charge in [-0.25, -0.2) is 0 Å². The quantitative estimate of drug-likeness (QED) is 0.528. The molecule has 0 fully saturated rings. The molecule has 0 bridgehead atoms. The van der Waals surface area contributed by atoms with Crippen molar-refractivity contribution < 1.29 is 14.3 Å². The van der Waals surface area contributed by atoms with E-state index in [-0.39, 0.29) is 18.0 Å². The molecule has 0 saturated heterocycles. The number of nitrogens with one attached hydrogen (secondary N) is 1. The first kappa shape index (κ1) is 26.2. The van der Waals surface area contributed by atoms with Crippen LogP contribution in [0.3, 0.4) is 0 Å². The standard InChI is InChI=1S/C21H36N2O3.C2H6/c1-8-17(6)23(16(4)5)21(24)18-10-11-19(25-7)20(14-18)26-13-9-12-22-15(2)3;1-2/h10-11,14-17,22H,8-9,12-13H2,1-7H3;1-2H3/t17-;/m1./s1. The summed E-state index contributed by atoms with van der Waals surface area (Å²) in [6, 6.07) is 6.22. The number of methoxy groups -OCH3 is 1. The maximum Gasteiger partial charge on any atom is 0.254 e. The lowest BCUT2D eigenvalue weighted by Crippen LogP contribution is -2.43. The summed E-state index contributed by atoms with van der Waals surface area (Å²) in [5, 5.41) is 3.36. The SMILES string of the molecule is CC.CC[C@@H](C)N(C(=O)c1ccc(OC)c(OCCCNC(C)C)c1)C(C)C. The molecule has 5 nitrogen and oxygen atoms in total. The van der Waals surface area contributed by atoms with E-state index in [0.717, 1.165) is 19.4 Å². The molecule has 0 saturated carbocycles.